The summed E-state index contributed by atoms with van der Waals surface area (Å²) in [6.45, 7) is 0.192. The third kappa shape index (κ3) is 3.62. The Bertz CT molecular complexity index is 1130. The Morgan fingerprint density at radius 2 is 2.04 bits per heavy atom. The van der Waals surface area contributed by atoms with E-state index in [2.05, 4.69) is 9.82 Å². The summed E-state index contributed by atoms with van der Waals surface area (Å²) in [6, 6.07) is 10.4. The van der Waals surface area contributed by atoms with E-state index in [0.717, 1.165) is 17.7 Å². The lowest BCUT2D eigenvalue weighted by molar-refractivity contribution is 0.402. The number of sulfonamides is 1. The molecule has 0 saturated heterocycles. The molecule has 10 heteroatoms. The van der Waals surface area contributed by atoms with E-state index in [9.17, 15) is 13.2 Å². The summed E-state index contributed by atoms with van der Waals surface area (Å²) in [5, 5.41) is 6.40. The van der Waals surface area contributed by atoms with E-state index in [-0.39, 0.29) is 35.5 Å². The zero-order valence-corrected chi connectivity index (χ0v) is 16.9. The fourth-order valence-corrected chi connectivity index (χ4v) is 4.90. The molecule has 2 heterocycles. The van der Waals surface area contributed by atoms with Crippen molar-refractivity contribution in [1.82, 2.24) is 19.1 Å². The summed E-state index contributed by atoms with van der Waals surface area (Å²) in [5.74, 6) is 0.917. The van der Waals surface area contributed by atoms with Crippen molar-refractivity contribution >= 4 is 21.4 Å². The molecule has 1 N–H and O–H groups in total. The molecule has 1 aliphatic rings. The first-order valence-corrected chi connectivity index (χ1v) is 11.2. The number of methoxy groups -OCH3 is 1. The fourth-order valence-electron chi connectivity index (χ4n) is 3.01. The van der Waals surface area contributed by atoms with Gasteiger partial charge in [-0.1, -0.05) is 18.2 Å². The first-order chi connectivity index (χ1) is 13.5. The van der Waals surface area contributed by atoms with Gasteiger partial charge in [-0.25, -0.2) is 22.6 Å². The number of ether oxygens (including phenoxy) is 1. The van der Waals surface area contributed by atoms with Crippen molar-refractivity contribution in [1.29, 1.82) is 0 Å². The normalized spacial score (nSPS) is 14.3. The van der Waals surface area contributed by atoms with Gasteiger partial charge in [0.15, 0.2) is 5.82 Å². The van der Waals surface area contributed by atoms with Gasteiger partial charge in [0.1, 0.15) is 10.6 Å². The molecular formula is C18H20N4O4S2. The Morgan fingerprint density at radius 3 is 2.71 bits per heavy atom. The van der Waals surface area contributed by atoms with Gasteiger partial charge >= 0.3 is 5.69 Å². The van der Waals surface area contributed by atoms with E-state index >= 15 is 0 Å². The monoisotopic (exact) mass is 420 g/mol. The van der Waals surface area contributed by atoms with Crippen molar-refractivity contribution in [2.45, 2.75) is 30.3 Å². The van der Waals surface area contributed by atoms with Gasteiger partial charge in [-0.05, 0) is 36.4 Å². The maximum atomic E-state index is 12.8. The highest BCUT2D eigenvalue weighted by Gasteiger charge is 2.30. The van der Waals surface area contributed by atoms with Gasteiger partial charge in [-0.15, -0.1) is 16.4 Å². The SMILES string of the molecule is COc1ccccc1S(=O)(=O)NCCn1nc(-c2cccs2)n(C2CC2)c1=O. The molecule has 0 amide bonds. The number of para-hydroxylation sites is 1. The molecule has 0 atom stereocenters. The number of nitrogens with one attached hydrogen (secondary N) is 1. The molecular weight excluding hydrogens is 400 g/mol. The van der Waals surface area contributed by atoms with Gasteiger partial charge < -0.3 is 4.74 Å². The molecule has 0 radical (unpaired) electrons. The topological polar surface area (TPSA) is 95.2 Å². The van der Waals surface area contributed by atoms with Crippen LogP contribution in [0.4, 0.5) is 0 Å². The lowest BCUT2D eigenvalue weighted by Crippen LogP contribution is -2.32. The average Bonchev–Trinajstić information content (AvgIpc) is 3.26. The van der Waals surface area contributed by atoms with Crippen LogP contribution >= 0.6 is 11.3 Å². The molecule has 1 saturated carbocycles. The zero-order valence-electron chi connectivity index (χ0n) is 15.2. The van der Waals surface area contributed by atoms with Crippen LogP contribution in [0.1, 0.15) is 18.9 Å². The molecule has 8 nitrogen and oxygen atoms in total. The minimum atomic E-state index is -3.76. The molecule has 148 valence electrons. The van der Waals surface area contributed by atoms with Crippen LogP contribution in [0.3, 0.4) is 0 Å². The number of benzene rings is 1. The van der Waals surface area contributed by atoms with E-state index in [4.69, 9.17) is 4.74 Å². The number of nitrogens with zero attached hydrogens (tertiary/aromatic N) is 3. The molecule has 2 aromatic heterocycles. The van der Waals surface area contributed by atoms with Gasteiger partial charge in [-0.3, -0.25) is 4.57 Å². The molecule has 1 fully saturated rings. The number of rotatable bonds is 8. The summed E-state index contributed by atoms with van der Waals surface area (Å²) in [6.07, 6.45) is 1.93. The summed E-state index contributed by atoms with van der Waals surface area (Å²) in [4.78, 5) is 13.8. The summed E-state index contributed by atoms with van der Waals surface area (Å²) < 4.78 is 35.8. The second kappa shape index (κ2) is 7.53. The van der Waals surface area contributed by atoms with Gasteiger partial charge in [0.2, 0.25) is 10.0 Å². The first kappa shape index (κ1) is 18.9. The van der Waals surface area contributed by atoms with Gasteiger partial charge in [-0.2, -0.15) is 0 Å². The molecule has 3 aromatic rings. The van der Waals surface area contributed by atoms with Crippen molar-refractivity contribution in [3.63, 3.8) is 0 Å². The van der Waals surface area contributed by atoms with Crippen molar-refractivity contribution in [3.05, 3.63) is 52.3 Å². The molecule has 28 heavy (non-hydrogen) atoms. The van der Waals surface area contributed by atoms with Crippen LogP contribution in [0.5, 0.6) is 5.75 Å². The average molecular weight is 421 g/mol. The summed E-state index contributed by atoms with van der Waals surface area (Å²) >= 11 is 1.53. The van der Waals surface area contributed by atoms with Crippen LogP contribution in [0, 0.1) is 0 Å². The standard InChI is InChI=1S/C18H20N4O4S2/c1-26-14-5-2-3-7-16(14)28(24,25)19-10-11-21-18(23)22(13-8-9-13)17(20-21)15-6-4-12-27-15/h2-7,12-13,19H,8-11H2,1H3. The van der Waals surface area contributed by atoms with E-state index in [1.165, 1.54) is 29.2 Å². The van der Waals surface area contributed by atoms with Gasteiger partial charge in [0.05, 0.1) is 18.5 Å². The molecule has 0 aliphatic heterocycles. The van der Waals surface area contributed by atoms with Crippen LogP contribution in [-0.4, -0.2) is 36.4 Å². The Hall–Kier alpha value is -2.43. The molecule has 1 aliphatic carbocycles. The molecule has 4 rings (SSSR count). The van der Waals surface area contributed by atoms with Crippen molar-refractivity contribution in [2.75, 3.05) is 13.7 Å². The highest BCUT2D eigenvalue weighted by molar-refractivity contribution is 7.89. The number of hydrogen-bond acceptors (Lipinski definition) is 6. The second-order valence-corrected chi connectivity index (χ2v) is 9.14. The fraction of sp³-hybridized carbons (Fsp3) is 0.333. The van der Waals surface area contributed by atoms with Gasteiger partial charge in [0.25, 0.3) is 0 Å². The molecule has 0 bridgehead atoms. The first-order valence-electron chi connectivity index (χ1n) is 8.87. The van der Waals surface area contributed by atoms with Crippen molar-refractivity contribution < 1.29 is 13.2 Å². The minimum Gasteiger partial charge on any atom is -0.495 e. The third-order valence-corrected chi connectivity index (χ3v) is 6.86. The number of hydrogen-bond donors (Lipinski definition) is 1. The van der Waals surface area contributed by atoms with Crippen molar-refractivity contribution in [2.24, 2.45) is 0 Å². The quantitative estimate of drug-likeness (QED) is 0.602. The van der Waals surface area contributed by atoms with Crippen LogP contribution in [0.25, 0.3) is 10.7 Å². The predicted octanol–water partition coefficient (Wildman–Crippen LogP) is 2.10. The highest BCUT2D eigenvalue weighted by Crippen LogP contribution is 2.37. The summed E-state index contributed by atoms with van der Waals surface area (Å²) in [7, 11) is -2.34. The predicted molar refractivity (Wildman–Crippen MR) is 106 cm³/mol. The Balaban J connectivity index is 1.53. The Labute approximate surface area is 166 Å². The maximum Gasteiger partial charge on any atom is 0.346 e. The molecule has 0 spiro atoms. The van der Waals surface area contributed by atoms with E-state index in [0.29, 0.717) is 5.82 Å². The number of aromatic nitrogens is 3. The van der Waals surface area contributed by atoms with Crippen LogP contribution < -0.4 is 15.1 Å². The third-order valence-electron chi connectivity index (χ3n) is 4.50. The minimum absolute atomic E-state index is 0.0475. The zero-order chi connectivity index (χ0) is 19.7. The van der Waals surface area contributed by atoms with Crippen LogP contribution in [0.15, 0.2) is 51.5 Å². The number of thiophene rings is 1. The van der Waals surface area contributed by atoms with Gasteiger partial charge in [0, 0.05) is 12.6 Å². The summed E-state index contributed by atoms with van der Waals surface area (Å²) in [5.41, 5.74) is -0.206. The lowest BCUT2D eigenvalue weighted by Gasteiger charge is -2.10. The highest BCUT2D eigenvalue weighted by atomic mass is 32.2. The lowest BCUT2D eigenvalue weighted by atomic mass is 10.3. The Morgan fingerprint density at radius 1 is 1.25 bits per heavy atom. The maximum absolute atomic E-state index is 12.8. The molecule has 1 aromatic carbocycles. The van der Waals surface area contributed by atoms with Crippen molar-refractivity contribution in [3.8, 4) is 16.5 Å². The molecule has 0 unspecified atom stereocenters. The van der Waals surface area contributed by atoms with E-state index in [1.807, 2.05) is 17.5 Å². The van der Waals surface area contributed by atoms with Crippen LogP contribution in [0.2, 0.25) is 0 Å². The smallest absolute Gasteiger partial charge is 0.346 e. The van der Waals surface area contributed by atoms with E-state index in [1.54, 1.807) is 22.8 Å². The second-order valence-electron chi connectivity index (χ2n) is 6.46. The van der Waals surface area contributed by atoms with E-state index < -0.39 is 10.0 Å². The van der Waals surface area contributed by atoms with Crippen LogP contribution in [-0.2, 0) is 16.6 Å². The Kier molecular flexibility index (Phi) is 5.09. The largest absolute Gasteiger partial charge is 0.495 e.